The molecule has 1 atom stereocenters. The van der Waals surface area contributed by atoms with Gasteiger partial charge in [0.1, 0.15) is 17.4 Å². The van der Waals surface area contributed by atoms with E-state index in [1.54, 1.807) is 13.0 Å². The summed E-state index contributed by atoms with van der Waals surface area (Å²) in [6, 6.07) is 6.53. The van der Waals surface area contributed by atoms with Crippen molar-refractivity contribution in [3.8, 4) is 17.6 Å². The highest BCUT2D eigenvalue weighted by atomic mass is 79.9. The number of hydrogen-bond acceptors (Lipinski definition) is 8. The van der Waals surface area contributed by atoms with Gasteiger partial charge in [-0.1, -0.05) is 6.92 Å². The first-order valence-electron chi connectivity index (χ1n) is 13.4. The number of ether oxygens (including phenoxy) is 2. The SMILES string of the molecule is CCN(C)S(=O)(=O)Nc1ccc(F)c(Oc2ccc3ncn([C@@H]4COC5(CCN(C(=O)O)CC5)C4)c(=O)c3c2Br)c1C#N. The summed E-state index contributed by atoms with van der Waals surface area (Å²) in [6.45, 7) is 2.73. The van der Waals surface area contributed by atoms with Gasteiger partial charge in [0.25, 0.3) is 5.56 Å². The van der Waals surface area contributed by atoms with Crippen molar-refractivity contribution in [1.29, 1.82) is 5.26 Å². The lowest BCUT2D eigenvalue weighted by Crippen LogP contribution is -2.46. The van der Waals surface area contributed by atoms with E-state index in [2.05, 4.69) is 25.6 Å². The van der Waals surface area contributed by atoms with E-state index < -0.39 is 39.0 Å². The van der Waals surface area contributed by atoms with E-state index in [4.69, 9.17) is 9.47 Å². The molecule has 2 aromatic carbocycles. The van der Waals surface area contributed by atoms with Gasteiger partial charge in [-0.25, -0.2) is 14.2 Å². The number of anilines is 1. The summed E-state index contributed by atoms with van der Waals surface area (Å²) in [4.78, 5) is 30.8. The highest BCUT2D eigenvalue weighted by Crippen LogP contribution is 2.41. The third kappa shape index (κ3) is 5.77. The van der Waals surface area contributed by atoms with Gasteiger partial charge < -0.3 is 19.5 Å². The van der Waals surface area contributed by atoms with Crippen LogP contribution in [0.3, 0.4) is 0 Å². The molecule has 0 bridgehead atoms. The Kier molecular flexibility index (Phi) is 8.36. The topological polar surface area (TPSA) is 167 Å². The van der Waals surface area contributed by atoms with Gasteiger partial charge in [-0.3, -0.25) is 14.1 Å². The van der Waals surface area contributed by atoms with Crippen molar-refractivity contribution in [1.82, 2.24) is 18.8 Å². The van der Waals surface area contributed by atoms with Gasteiger partial charge in [-0.05, 0) is 59.5 Å². The molecule has 5 rings (SSSR count). The molecule has 0 unspecified atom stereocenters. The van der Waals surface area contributed by atoms with E-state index in [1.807, 2.05) is 0 Å². The molecule has 3 heterocycles. The molecule has 16 heteroatoms. The molecule has 1 aromatic heterocycles. The molecule has 228 valence electrons. The van der Waals surface area contributed by atoms with E-state index in [9.17, 15) is 32.8 Å². The van der Waals surface area contributed by atoms with Gasteiger partial charge in [0.2, 0.25) is 0 Å². The van der Waals surface area contributed by atoms with Crippen molar-refractivity contribution >= 4 is 48.8 Å². The van der Waals surface area contributed by atoms with Crippen LogP contribution >= 0.6 is 15.9 Å². The van der Waals surface area contributed by atoms with Crippen LogP contribution in [0.4, 0.5) is 14.9 Å². The van der Waals surface area contributed by atoms with Crippen molar-refractivity contribution in [2.45, 2.75) is 37.8 Å². The molecule has 13 nitrogen and oxygen atoms in total. The Bertz CT molecular complexity index is 1800. The molecule has 2 N–H and O–H groups in total. The quantitative estimate of drug-likeness (QED) is 0.375. The maximum atomic E-state index is 15.0. The Morgan fingerprint density at radius 2 is 2.07 bits per heavy atom. The fraction of sp³-hybridized carbons (Fsp3) is 0.407. The Hall–Kier alpha value is -3.78. The first-order valence-corrected chi connectivity index (χ1v) is 15.6. The maximum Gasteiger partial charge on any atom is 0.407 e. The number of carboxylic acid groups (broad SMARTS) is 1. The second kappa shape index (κ2) is 11.7. The number of amides is 1. The largest absolute Gasteiger partial charge is 0.465 e. The second-order valence-corrected chi connectivity index (χ2v) is 13.0. The molecule has 43 heavy (non-hydrogen) atoms. The summed E-state index contributed by atoms with van der Waals surface area (Å²) in [5.41, 5.74) is -1.15. The Morgan fingerprint density at radius 3 is 2.72 bits per heavy atom. The lowest BCUT2D eigenvalue weighted by Gasteiger charge is -2.37. The third-order valence-electron chi connectivity index (χ3n) is 7.91. The van der Waals surface area contributed by atoms with Crippen molar-refractivity contribution < 1.29 is 32.2 Å². The van der Waals surface area contributed by atoms with Gasteiger partial charge in [0.05, 0.1) is 45.6 Å². The molecule has 0 aliphatic carbocycles. The fourth-order valence-electron chi connectivity index (χ4n) is 5.31. The van der Waals surface area contributed by atoms with Crippen LogP contribution in [-0.2, 0) is 14.9 Å². The zero-order chi connectivity index (χ0) is 31.1. The number of benzene rings is 2. The van der Waals surface area contributed by atoms with Crippen molar-refractivity contribution in [2.24, 2.45) is 0 Å². The molecule has 3 aromatic rings. The minimum Gasteiger partial charge on any atom is -0.465 e. The van der Waals surface area contributed by atoms with Gasteiger partial charge >= 0.3 is 16.3 Å². The summed E-state index contributed by atoms with van der Waals surface area (Å²) in [6.07, 6.45) is 2.01. The number of aromatic nitrogens is 2. The van der Waals surface area contributed by atoms with E-state index in [-0.39, 0.29) is 46.1 Å². The number of hydrogen-bond donors (Lipinski definition) is 2. The lowest BCUT2D eigenvalue weighted by atomic mass is 9.87. The van der Waals surface area contributed by atoms with Crippen LogP contribution in [0.25, 0.3) is 10.9 Å². The first-order chi connectivity index (χ1) is 20.4. The van der Waals surface area contributed by atoms with Gasteiger partial charge in [-0.2, -0.15) is 18.0 Å². The number of nitrogens with zero attached hydrogens (tertiary/aromatic N) is 5. The molecular formula is C27H28BrFN6O7S. The van der Waals surface area contributed by atoms with E-state index in [0.29, 0.717) is 37.9 Å². The van der Waals surface area contributed by atoms with Crippen molar-refractivity contribution in [3.63, 3.8) is 0 Å². The number of rotatable bonds is 7. The summed E-state index contributed by atoms with van der Waals surface area (Å²) in [7, 11) is -2.67. The number of carbonyl (C=O) groups is 1. The molecule has 2 aliphatic rings. The lowest BCUT2D eigenvalue weighted by molar-refractivity contribution is -0.0396. The summed E-state index contributed by atoms with van der Waals surface area (Å²) < 4.78 is 57.0. The van der Waals surface area contributed by atoms with Crippen LogP contribution in [0.2, 0.25) is 0 Å². The zero-order valence-electron chi connectivity index (χ0n) is 23.2. The highest BCUT2D eigenvalue weighted by molar-refractivity contribution is 9.10. The monoisotopic (exact) mass is 678 g/mol. The Balaban J connectivity index is 1.46. The minimum atomic E-state index is -4.02. The fourth-order valence-corrected chi connectivity index (χ4v) is 6.83. The predicted molar refractivity (Wildman–Crippen MR) is 157 cm³/mol. The highest BCUT2D eigenvalue weighted by Gasteiger charge is 2.44. The summed E-state index contributed by atoms with van der Waals surface area (Å²) in [5.74, 6) is -1.43. The van der Waals surface area contributed by atoms with Crippen LogP contribution in [0.1, 0.15) is 37.8 Å². The molecule has 2 saturated heterocycles. The molecule has 0 radical (unpaired) electrons. The molecule has 2 fully saturated rings. The molecule has 1 spiro atoms. The average Bonchev–Trinajstić information content (AvgIpc) is 3.38. The maximum absolute atomic E-state index is 15.0. The van der Waals surface area contributed by atoms with Gasteiger partial charge in [0, 0.05) is 26.7 Å². The van der Waals surface area contributed by atoms with Gasteiger partial charge in [0.15, 0.2) is 11.6 Å². The smallest absolute Gasteiger partial charge is 0.407 e. The van der Waals surface area contributed by atoms with E-state index in [1.165, 1.54) is 35.0 Å². The van der Waals surface area contributed by atoms with Crippen LogP contribution in [0, 0.1) is 17.1 Å². The number of nitriles is 1. The second-order valence-electron chi connectivity index (χ2n) is 10.4. The van der Waals surface area contributed by atoms with Crippen molar-refractivity contribution in [3.05, 3.63) is 56.8 Å². The van der Waals surface area contributed by atoms with Gasteiger partial charge in [-0.15, -0.1) is 0 Å². The minimum absolute atomic E-state index is 0.00502. The first kappa shape index (κ1) is 30.7. The number of fused-ring (bicyclic) bond motifs is 1. The molecule has 1 amide bonds. The molecule has 0 saturated carbocycles. The van der Waals surface area contributed by atoms with Crippen molar-refractivity contribution in [2.75, 3.05) is 38.0 Å². The number of nitrogens with one attached hydrogen (secondary N) is 1. The predicted octanol–water partition coefficient (Wildman–Crippen LogP) is 4.04. The van der Waals surface area contributed by atoms with Crippen LogP contribution < -0.4 is 15.0 Å². The third-order valence-corrected chi connectivity index (χ3v) is 10.3. The summed E-state index contributed by atoms with van der Waals surface area (Å²) in [5, 5.41) is 19.2. The normalized spacial score (nSPS) is 18.2. The van der Waals surface area contributed by atoms with Crippen LogP contribution in [0.15, 0.2) is 39.9 Å². The number of piperidine rings is 1. The molecule has 2 aliphatic heterocycles. The Morgan fingerprint density at radius 1 is 1.35 bits per heavy atom. The van der Waals surface area contributed by atoms with Crippen LogP contribution in [0.5, 0.6) is 11.5 Å². The van der Waals surface area contributed by atoms with E-state index >= 15 is 0 Å². The Labute approximate surface area is 254 Å². The standard InChI is InChI=1S/C27H28BrFN6O7S/c1-3-33(2)43(39,40)32-19-5-4-18(29)24(17(19)13-30)42-21-7-6-20-22(23(21)28)25(36)35(15-31-20)16-12-27(41-14-16)8-10-34(11-9-27)26(37)38/h4-7,15-16,32H,3,8-12,14H2,1-2H3,(H,37,38)/t16-/m0/s1. The van der Waals surface area contributed by atoms with Crippen LogP contribution in [-0.4, -0.2) is 77.3 Å². The number of halogens is 2. The zero-order valence-corrected chi connectivity index (χ0v) is 25.6. The number of likely N-dealkylation sites (tertiary alicyclic amines) is 1. The molecular weight excluding hydrogens is 651 g/mol. The van der Waals surface area contributed by atoms with E-state index in [0.717, 1.165) is 16.4 Å². The summed E-state index contributed by atoms with van der Waals surface area (Å²) >= 11 is 3.40. The average molecular weight is 680 g/mol.